The number of piperidine rings is 1. The smallest absolute Gasteiger partial charge is 0.305 e. The average molecular weight is 185 g/mol. The van der Waals surface area contributed by atoms with Crippen LogP contribution in [0.4, 0.5) is 0 Å². The minimum absolute atomic E-state index is 0.0751. The van der Waals surface area contributed by atoms with Gasteiger partial charge in [0.2, 0.25) is 0 Å². The number of hydrogen-bond acceptors (Lipinski definition) is 3. The molecule has 0 spiro atoms. The highest BCUT2D eigenvalue weighted by molar-refractivity contribution is 5.68. The van der Waals surface area contributed by atoms with Gasteiger partial charge >= 0.3 is 5.97 Å². The summed E-state index contributed by atoms with van der Waals surface area (Å²) in [6, 6.07) is 0. The van der Waals surface area contributed by atoms with Crippen LogP contribution in [-0.2, 0) is 9.53 Å². The van der Waals surface area contributed by atoms with Crippen molar-refractivity contribution in [3.05, 3.63) is 0 Å². The number of nitrogens with one attached hydrogen (secondary N) is 1. The zero-order valence-electron chi connectivity index (χ0n) is 8.34. The molecule has 1 heterocycles. The first kappa shape index (κ1) is 10.5. The number of hydrogen-bond donors (Lipinski definition) is 1. The van der Waals surface area contributed by atoms with Gasteiger partial charge in [-0.25, -0.2) is 0 Å². The number of esters is 1. The fourth-order valence-corrected chi connectivity index (χ4v) is 1.61. The lowest BCUT2D eigenvalue weighted by atomic mass is 9.95. The zero-order valence-corrected chi connectivity index (χ0v) is 8.34. The Morgan fingerprint density at radius 1 is 1.46 bits per heavy atom. The molecule has 0 aliphatic carbocycles. The van der Waals surface area contributed by atoms with Gasteiger partial charge in [-0.05, 0) is 38.3 Å². The lowest BCUT2D eigenvalue weighted by molar-refractivity contribution is -0.143. The van der Waals surface area contributed by atoms with Crippen LogP contribution in [0, 0.1) is 5.92 Å². The minimum Gasteiger partial charge on any atom is -0.466 e. The summed E-state index contributed by atoms with van der Waals surface area (Å²) < 4.78 is 5.03. The Morgan fingerprint density at radius 2 is 2.15 bits per heavy atom. The quantitative estimate of drug-likeness (QED) is 0.671. The molecule has 76 valence electrons. The predicted octanol–water partition coefficient (Wildman–Crippen LogP) is 1.33. The van der Waals surface area contributed by atoms with Crippen LogP contribution < -0.4 is 5.32 Å². The van der Waals surface area contributed by atoms with Crippen LogP contribution in [-0.4, -0.2) is 25.7 Å². The zero-order chi connectivity index (χ0) is 9.52. The second-order valence-electron chi connectivity index (χ2n) is 3.56. The van der Waals surface area contributed by atoms with E-state index in [1.807, 2.05) is 6.92 Å². The lowest BCUT2D eigenvalue weighted by Crippen LogP contribution is -2.28. The Labute approximate surface area is 79.8 Å². The van der Waals surface area contributed by atoms with Crippen LogP contribution in [0.3, 0.4) is 0 Å². The first-order valence-electron chi connectivity index (χ1n) is 5.19. The van der Waals surface area contributed by atoms with Crippen LogP contribution in [0.5, 0.6) is 0 Å². The van der Waals surface area contributed by atoms with Gasteiger partial charge in [0.15, 0.2) is 0 Å². The number of carbonyl (C=O) groups excluding carboxylic acids is 1. The number of rotatable bonds is 4. The fourth-order valence-electron chi connectivity index (χ4n) is 1.61. The molecule has 0 aromatic carbocycles. The van der Waals surface area contributed by atoms with E-state index in [-0.39, 0.29) is 5.97 Å². The molecule has 0 atom stereocenters. The molecular formula is C10H19NO2. The molecule has 0 bridgehead atoms. The van der Waals surface area contributed by atoms with Crippen molar-refractivity contribution in [2.24, 2.45) is 5.92 Å². The van der Waals surface area contributed by atoms with Crippen molar-refractivity contribution >= 4 is 5.97 Å². The van der Waals surface area contributed by atoms with E-state index in [0.29, 0.717) is 13.0 Å². The van der Waals surface area contributed by atoms with E-state index >= 15 is 0 Å². The third kappa shape index (κ3) is 4.27. The van der Waals surface area contributed by atoms with E-state index in [1.54, 1.807) is 0 Å². The number of ether oxygens (including phenoxy) is 1. The predicted molar refractivity (Wildman–Crippen MR) is 51.5 cm³/mol. The van der Waals surface area contributed by atoms with Crippen LogP contribution in [0.2, 0.25) is 0 Å². The Bertz CT molecular complexity index is 153. The Kier molecular flexibility index (Phi) is 4.83. The monoisotopic (exact) mass is 185 g/mol. The van der Waals surface area contributed by atoms with Crippen LogP contribution in [0.1, 0.15) is 32.6 Å². The SMILES string of the molecule is CCC(=O)OCCC1CCNCC1. The topological polar surface area (TPSA) is 38.3 Å². The molecule has 0 aromatic rings. The Balaban J connectivity index is 2.01. The van der Waals surface area contributed by atoms with Gasteiger partial charge in [0, 0.05) is 6.42 Å². The molecule has 3 heteroatoms. The highest BCUT2D eigenvalue weighted by Crippen LogP contribution is 2.15. The van der Waals surface area contributed by atoms with E-state index in [1.165, 1.54) is 12.8 Å². The van der Waals surface area contributed by atoms with Gasteiger partial charge in [0.05, 0.1) is 6.61 Å². The van der Waals surface area contributed by atoms with Gasteiger partial charge < -0.3 is 10.1 Å². The van der Waals surface area contributed by atoms with Gasteiger partial charge in [0.25, 0.3) is 0 Å². The molecular weight excluding hydrogens is 166 g/mol. The number of carbonyl (C=O) groups is 1. The third-order valence-corrected chi connectivity index (χ3v) is 2.54. The standard InChI is InChI=1S/C10H19NO2/c1-2-10(12)13-8-5-9-3-6-11-7-4-9/h9,11H,2-8H2,1H3. The fraction of sp³-hybridized carbons (Fsp3) is 0.900. The molecule has 1 N–H and O–H groups in total. The molecule has 0 radical (unpaired) electrons. The minimum atomic E-state index is -0.0751. The Morgan fingerprint density at radius 3 is 2.77 bits per heavy atom. The van der Waals surface area contributed by atoms with Gasteiger partial charge in [-0.3, -0.25) is 4.79 Å². The molecule has 0 amide bonds. The summed E-state index contributed by atoms with van der Waals surface area (Å²) in [4.78, 5) is 10.8. The molecule has 1 aliphatic rings. The van der Waals surface area contributed by atoms with Crippen molar-refractivity contribution in [1.29, 1.82) is 0 Å². The third-order valence-electron chi connectivity index (χ3n) is 2.54. The highest BCUT2D eigenvalue weighted by Gasteiger charge is 2.12. The van der Waals surface area contributed by atoms with Crippen LogP contribution in [0.15, 0.2) is 0 Å². The van der Waals surface area contributed by atoms with E-state index in [0.717, 1.165) is 25.4 Å². The van der Waals surface area contributed by atoms with E-state index in [9.17, 15) is 4.79 Å². The van der Waals surface area contributed by atoms with Crippen molar-refractivity contribution in [2.75, 3.05) is 19.7 Å². The van der Waals surface area contributed by atoms with Crippen LogP contribution in [0.25, 0.3) is 0 Å². The highest BCUT2D eigenvalue weighted by atomic mass is 16.5. The first-order chi connectivity index (χ1) is 6.33. The van der Waals surface area contributed by atoms with Gasteiger partial charge in [-0.15, -0.1) is 0 Å². The summed E-state index contributed by atoms with van der Waals surface area (Å²) in [5, 5.41) is 3.32. The van der Waals surface area contributed by atoms with E-state index < -0.39 is 0 Å². The molecule has 1 rings (SSSR count). The molecule has 1 saturated heterocycles. The molecule has 13 heavy (non-hydrogen) atoms. The summed E-state index contributed by atoms with van der Waals surface area (Å²) in [5.41, 5.74) is 0. The lowest BCUT2D eigenvalue weighted by Gasteiger charge is -2.22. The maximum absolute atomic E-state index is 10.8. The summed E-state index contributed by atoms with van der Waals surface area (Å²) in [7, 11) is 0. The molecule has 0 aromatic heterocycles. The van der Waals surface area contributed by atoms with Gasteiger partial charge in [-0.1, -0.05) is 6.92 Å². The van der Waals surface area contributed by atoms with E-state index in [2.05, 4.69) is 5.32 Å². The van der Waals surface area contributed by atoms with Crippen molar-refractivity contribution in [3.8, 4) is 0 Å². The molecule has 1 fully saturated rings. The van der Waals surface area contributed by atoms with Crippen molar-refractivity contribution in [1.82, 2.24) is 5.32 Å². The molecule has 0 saturated carbocycles. The second kappa shape index (κ2) is 5.97. The first-order valence-corrected chi connectivity index (χ1v) is 5.19. The Hall–Kier alpha value is -0.570. The van der Waals surface area contributed by atoms with Crippen LogP contribution >= 0.6 is 0 Å². The van der Waals surface area contributed by atoms with Gasteiger partial charge in [-0.2, -0.15) is 0 Å². The van der Waals surface area contributed by atoms with Crippen molar-refractivity contribution < 1.29 is 9.53 Å². The molecule has 1 aliphatic heterocycles. The summed E-state index contributed by atoms with van der Waals surface area (Å²) in [6.07, 6.45) is 3.98. The normalized spacial score (nSPS) is 18.5. The van der Waals surface area contributed by atoms with Crippen molar-refractivity contribution in [3.63, 3.8) is 0 Å². The average Bonchev–Trinajstić information content (AvgIpc) is 2.19. The summed E-state index contributed by atoms with van der Waals surface area (Å²) in [5.74, 6) is 0.680. The van der Waals surface area contributed by atoms with Crippen molar-refractivity contribution in [2.45, 2.75) is 32.6 Å². The molecule has 0 unspecified atom stereocenters. The molecule has 3 nitrogen and oxygen atoms in total. The van der Waals surface area contributed by atoms with E-state index in [4.69, 9.17) is 4.74 Å². The summed E-state index contributed by atoms with van der Waals surface area (Å²) in [6.45, 7) is 4.67. The van der Waals surface area contributed by atoms with Gasteiger partial charge in [0.1, 0.15) is 0 Å². The maximum atomic E-state index is 10.8. The largest absolute Gasteiger partial charge is 0.466 e. The summed E-state index contributed by atoms with van der Waals surface area (Å²) >= 11 is 0. The maximum Gasteiger partial charge on any atom is 0.305 e. The second-order valence-corrected chi connectivity index (χ2v) is 3.56.